The lowest BCUT2D eigenvalue weighted by molar-refractivity contribution is -0.140. The number of rotatable bonds is 11. The molecule has 1 aliphatic rings. The third-order valence-electron chi connectivity index (χ3n) is 6.48. The normalized spacial score (nSPS) is 14.4. The predicted molar refractivity (Wildman–Crippen MR) is 143 cm³/mol. The Morgan fingerprint density at radius 1 is 1.03 bits per heavy atom. The Bertz CT molecular complexity index is 1220. The lowest BCUT2D eigenvalue weighted by Crippen LogP contribution is -2.53. The van der Waals surface area contributed by atoms with Crippen molar-refractivity contribution in [3.8, 4) is 11.5 Å². The van der Waals surface area contributed by atoms with Crippen LogP contribution in [-0.4, -0.2) is 63.2 Å². The Morgan fingerprint density at radius 2 is 1.70 bits per heavy atom. The molecule has 1 N–H and O–H groups in total. The van der Waals surface area contributed by atoms with E-state index in [1.165, 1.54) is 4.90 Å². The molecule has 1 aliphatic heterocycles. The molecule has 2 aromatic rings. The molecule has 202 valence electrons. The van der Waals surface area contributed by atoms with E-state index in [1.807, 2.05) is 52.0 Å². The third-order valence-corrected chi connectivity index (χ3v) is 7.62. The van der Waals surface area contributed by atoms with Gasteiger partial charge in [-0.25, -0.2) is 8.42 Å². The first kappa shape index (κ1) is 28.3. The van der Waals surface area contributed by atoms with Gasteiger partial charge in [-0.3, -0.25) is 13.9 Å². The fraction of sp³-hybridized carbons (Fsp3) is 0.481. The van der Waals surface area contributed by atoms with Gasteiger partial charge in [-0.15, -0.1) is 0 Å². The lowest BCUT2D eigenvalue weighted by atomic mass is 10.1. The SMILES string of the molecule is CC[C@H](C(=O)N[C@@H](C)CC)N(Cc1ccccc1C)C(=O)CN(c1ccc2c(c1)OCCO2)S(C)(=O)=O. The molecule has 0 spiro atoms. The van der Waals surface area contributed by atoms with Crippen LogP contribution >= 0.6 is 0 Å². The molecule has 0 aliphatic carbocycles. The van der Waals surface area contributed by atoms with Crippen molar-refractivity contribution in [1.29, 1.82) is 0 Å². The second-order valence-corrected chi connectivity index (χ2v) is 11.2. The molecule has 0 fully saturated rings. The van der Waals surface area contributed by atoms with Crippen LogP contribution in [0.5, 0.6) is 11.5 Å². The highest BCUT2D eigenvalue weighted by Gasteiger charge is 2.32. The van der Waals surface area contributed by atoms with Crippen molar-refractivity contribution < 1.29 is 27.5 Å². The molecule has 0 bridgehead atoms. The van der Waals surface area contributed by atoms with Crippen LogP contribution in [0.1, 0.15) is 44.7 Å². The van der Waals surface area contributed by atoms with E-state index < -0.39 is 28.5 Å². The molecule has 1 heterocycles. The monoisotopic (exact) mass is 531 g/mol. The van der Waals surface area contributed by atoms with Gasteiger partial charge in [0, 0.05) is 18.7 Å². The summed E-state index contributed by atoms with van der Waals surface area (Å²) in [7, 11) is -3.84. The summed E-state index contributed by atoms with van der Waals surface area (Å²) in [6.45, 7) is 8.14. The molecule has 0 unspecified atom stereocenters. The number of anilines is 1. The maximum Gasteiger partial charge on any atom is 0.244 e. The average molecular weight is 532 g/mol. The first-order chi connectivity index (χ1) is 17.5. The minimum atomic E-state index is -3.84. The number of amides is 2. The molecule has 9 nitrogen and oxygen atoms in total. The van der Waals surface area contributed by atoms with Gasteiger partial charge in [0.25, 0.3) is 0 Å². The summed E-state index contributed by atoms with van der Waals surface area (Å²) >= 11 is 0. The van der Waals surface area contributed by atoms with Gasteiger partial charge in [-0.1, -0.05) is 38.1 Å². The summed E-state index contributed by atoms with van der Waals surface area (Å²) in [6.07, 6.45) is 2.18. The van der Waals surface area contributed by atoms with E-state index in [-0.39, 0.29) is 24.2 Å². The summed E-state index contributed by atoms with van der Waals surface area (Å²) < 4.78 is 37.9. The molecule has 2 aromatic carbocycles. The summed E-state index contributed by atoms with van der Waals surface area (Å²) in [4.78, 5) is 28.5. The summed E-state index contributed by atoms with van der Waals surface area (Å²) in [6, 6.07) is 11.6. The van der Waals surface area contributed by atoms with Gasteiger partial charge >= 0.3 is 0 Å². The summed E-state index contributed by atoms with van der Waals surface area (Å²) in [5.41, 5.74) is 2.15. The highest BCUT2D eigenvalue weighted by Crippen LogP contribution is 2.34. The number of aryl methyl sites for hydroxylation is 1. The molecule has 37 heavy (non-hydrogen) atoms. The van der Waals surface area contributed by atoms with Gasteiger partial charge in [0.05, 0.1) is 11.9 Å². The highest BCUT2D eigenvalue weighted by molar-refractivity contribution is 7.92. The van der Waals surface area contributed by atoms with Crippen LogP contribution in [0.2, 0.25) is 0 Å². The molecule has 0 saturated heterocycles. The number of sulfonamides is 1. The van der Waals surface area contributed by atoms with Crippen molar-refractivity contribution in [2.24, 2.45) is 0 Å². The van der Waals surface area contributed by atoms with Crippen molar-refractivity contribution in [1.82, 2.24) is 10.2 Å². The van der Waals surface area contributed by atoms with Gasteiger partial charge in [0.1, 0.15) is 25.8 Å². The van der Waals surface area contributed by atoms with E-state index in [0.717, 1.165) is 28.1 Å². The van der Waals surface area contributed by atoms with Gasteiger partial charge in [0.15, 0.2) is 11.5 Å². The molecule has 10 heteroatoms. The van der Waals surface area contributed by atoms with Gasteiger partial charge in [0.2, 0.25) is 21.8 Å². The van der Waals surface area contributed by atoms with Crippen molar-refractivity contribution in [2.45, 2.75) is 59.2 Å². The van der Waals surface area contributed by atoms with Crippen LogP contribution in [0.15, 0.2) is 42.5 Å². The van der Waals surface area contributed by atoms with E-state index in [1.54, 1.807) is 18.2 Å². The van der Waals surface area contributed by atoms with Crippen LogP contribution < -0.4 is 19.1 Å². The predicted octanol–water partition coefficient (Wildman–Crippen LogP) is 3.25. The number of ether oxygens (including phenoxy) is 2. The fourth-order valence-corrected chi connectivity index (χ4v) is 4.97. The van der Waals surface area contributed by atoms with E-state index >= 15 is 0 Å². The van der Waals surface area contributed by atoms with Crippen molar-refractivity contribution in [3.63, 3.8) is 0 Å². The van der Waals surface area contributed by atoms with Gasteiger partial charge in [-0.05, 0) is 49.9 Å². The quantitative estimate of drug-likeness (QED) is 0.477. The van der Waals surface area contributed by atoms with E-state index in [0.29, 0.717) is 31.1 Å². The maximum atomic E-state index is 13.8. The van der Waals surface area contributed by atoms with E-state index in [9.17, 15) is 18.0 Å². The Morgan fingerprint density at radius 3 is 2.32 bits per heavy atom. The number of nitrogens with zero attached hydrogens (tertiary/aromatic N) is 2. The molecule has 0 aromatic heterocycles. The Balaban J connectivity index is 1.96. The zero-order valence-corrected chi connectivity index (χ0v) is 23.0. The van der Waals surface area contributed by atoms with Crippen molar-refractivity contribution in [2.75, 3.05) is 30.3 Å². The van der Waals surface area contributed by atoms with Crippen LogP contribution in [-0.2, 0) is 26.2 Å². The van der Waals surface area contributed by atoms with Crippen LogP contribution in [0, 0.1) is 6.92 Å². The first-order valence-corrected chi connectivity index (χ1v) is 14.4. The zero-order chi connectivity index (χ0) is 27.2. The molecular formula is C27H37N3O6S. The van der Waals surface area contributed by atoms with Gasteiger partial charge < -0.3 is 19.7 Å². The Hall–Kier alpha value is -3.27. The van der Waals surface area contributed by atoms with Crippen LogP contribution in [0.4, 0.5) is 5.69 Å². The van der Waals surface area contributed by atoms with Crippen molar-refractivity contribution >= 4 is 27.5 Å². The number of fused-ring (bicyclic) bond motifs is 1. The van der Waals surface area contributed by atoms with Gasteiger partial charge in [-0.2, -0.15) is 0 Å². The number of carbonyl (C=O) groups is 2. The Labute approximate surface area is 219 Å². The molecule has 2 atom stereocenters. The molecule has 0 radical (unpaired) electrons. The smallest absolute Gasteiger partial charge is 0.244 e. The number of carbonyl (C=O) groups excluding carboxylic acids is 2. The summed E-state index contributed by atoms with van der Waals surface area (Å²) in [5, 5.41) is 2.97. The summed E-state index contributed by atoms with van der Waals surface area (Å²) in [5.74, 6) is 0.198. The lowest BCUT2D eigenvalue weighted by Gasteiger charge is -2.34. The molecule has 2 amide bonds. The molecular weight excluding hydrogens is 494 g/mol. The van der Waals surface area contributed by atoms with Crippen molar-refractivity contribution in [3.05, 3.63) is 53.6 Å². The molecule has 0 saturated carbocycles. The highest BCUT2D eigenvalue weighted by atomic mass is 32.2. The second kappa shape index (κ2) is 12.3. The minimum absolute atomic E-state index is 0.0535. The Kier molecular flexibility index (Phi) is 9.42. The zero-order valence-electron chi connectivity index (χ0n) is 22.2. The number of nitrogens with one attached hydrogen (secondary N) is 1. The van der Waals surface area contributed by atoms with E-state index in [4.69, 9.17) is 9.47 Å². The topological polar surface area (TPSA) is 105 Å². The standard InChI is InChI=1S/C27H37N3O6S/c1-6-20(4)28-27(32)23(7-2)29(17-21-11-9-8-10-19(21)3)26(31)18-30(37(5,33)34)22-12-13-24-25(16-22)36-15-14-35-24/h8-13,16,20,23H,6-7,14-15,17-18H2,1-5H3,(H,28,32)/t20-,23+/m0/s1. The number of hydrogen-bond donors (Lipinski definition) is 1. The largest absolute Gasteiger partial charge is 0.486 e. The number of hydrogen-bond acceptors (Lipinski definition) is 6. The van der Waals surface area contributed by atoms with Crippen LogP contribution in [0.3, 0.4) is 0 Å². The number of benzene rings is 2. The van der Waals surface area contributed by atoms with E-state index in [2.05, 4.69) is 5.32 Å². The second-order valence-electron chi connectivity index (χ2n) is 9.29. The first-order valence-electron chi connectivity index (χ1n) is 12.6. The maximum absolute atomic E-state index is 13.8. The third kappa shape index (κ3) is 7.15. The average Bonchev–Trinajstić information content (AvgIpc) is 2.87. The fourth-order valence-electron chi connectivity index (χ4n) is 4.13. The van der Waals surface area contributed by atoms with Crippen LogP contribution in [0.25, 0.3) is 0 Å². The minimum Gasteiger partial charge on any atom is -0.486 e. The molecule has 3 rings (SSSR count).